The first-order chi connectivity index (χ1) is 11.6. The summed E-state index contributed by atoms with van der Waals surface area (Å²) in [7, 11) is 0. The summed E-state index contributed by atoms with van der Waals surface area (Å²) in [6.07, 6.45) is -4.35. The van der Waals surface area contributed by atoms with E-state index in [1.54, 1.807) is 6.07 Å². The largest absolute Gasteiger partial charge is 0.416 e. The molecule has 0 bridgehead atoms. The van der Waals surface area contributed by atoms with Crippen LogP contribution in [0.25, 0.3) is 0 Å². The highest BCUT2D eigenvalue weighted by atomic mass is 35.5. The molecule has 2 aromatic rings. The van der Waals surface area contributed by atoms with Crippen molar-refractivity contribution in [1.29, 1.82) is 0 Å². The fourth-order valence-electron chi connectivity index (χ4n) is 3.24. The zero-order valence-corrected chi connectivity index (χ0v) is 14.4. The number of halogens is 4. The van der Waals surface area contributed by atoms with E-state index in [-0.39, 0.29) is 30.5 Å². The summed E-state index contributed by atoms with van der Waals surface area (Å²) in [5, 5.41) is 3.35. The predicted octanol–water partition coefficient (Wildman–Crippen LogP) is 4.65. The average Bonchev–Trinajstić information content (AvgIpc) is 3.04. The maximum Gasteiger partial charge on any atom is 0.416 e. The number of nitrogens with one attached hydrogen (secondary N) is 1. The van der Waals surface area contributed by atoms with Crippen molar-refractivity contribution in [3.8, 4) is 0 Å². The molecular formula is C19H21ClF3NO. The first kappa shape index (κ1) is 19.8. The smallest absolute Gasteiger partial charge is 0.376 e. The Morgan fingerprint density at radius 2 is 1.64 bits per heavy atom. The lowest BCUT2D eigenvalue weighted by Gasteiger charge is -2.19. The third kappa shape index (κ3) is 4.97. The highest BCUT2D eigenvalue weighted by molar-refractivity contribution is 5.85. The van der Waals surface area contributed by atoms with Gasteiger partial charge < -0.3 is 10.1 Å². The zero-order valence-electron chi connectivity index (χ0n) is 13.6. The van der Waals surface area contributed by atoms with Gasteiger partial charge in [0.15, 0.2) is 0 Å². The fraction of sp³-hybridized carbons (Fsp3) is 0.368. The van der Waals surface area contributed by atoms with Crippen LogP contribution >= 0.6 is 12.4 Å². The van der Waals surface area contributed by atoms with Crippen LogP contribution in [0, 0.1) is 5.92 Å². The van der Waals surface area contributed by atoms with Crippen LogP contribution in [0.3, 0.4) is 0 Å². The topological polar surface area (TPSA) is 21.3 Å². The molecule has 0 spiro atoms. The summed E-state index contributed by atoms with van der Waals surface area (Å²) < 4.78 is 44.6. The molecule has 1 N–H and O–H groups in total. The molecule has 3 rings (SSSR count). The minimum atomic E-state index is -4.35. The second kappa shape index (κ2) is 8.70. The summed E-state index contributed by atoms with van der Waals surface area (Å²) in [6.45, 7) is 2.12. The van der Waals surface area contributed by atoms with Gasteiger partial charge in [0.05, 0.1) is 18.8 Å². The Morgan fingerprint density at radius 3 is 2.36 bits per heavy atom. The Kier molecular flexibility index (Phi) is 6.87. The van der Waals surface area contributed by atoms with Crippen molar-refractivity contribution in [3.63, 3.8) is 0 Å². The third-order valence-corrected chi connectivity index (χ3v) is 4.48. The lowest BCUT2D eigenvalue weighted by molar-refractivity contribution is -0.139. The molecule has 2 aromatic carbocycles. The van der Waals surface area contributed by atoms with Crippen molar-refractivity contribution in [3.05, 3.63) is 71.3 Å². The van der Waals surface area contributed by atoms with Gasteiger partial charge in [-0.15, -0.1) is 12.4 Å². The summed E-state index contributed by atoms with van der Waals surface area (Å²) in [5.74, 6) is 0.606. The van der Waals surface area contributed by atoms with E-state index in [1.165, 1.54) is 17.7 Å². The molecule has 0 saturated carbocycles. The quantitative estimate of drug-likeness (QED) is 0.826. The van der Waals surface area contributed by atoms with Gasteiger partial charge in [0.2, 0.25) is 0 Å². The lowest BCUT2D eigenvalue weighted by atomic mass is 9.89. The highest BCUT2D eigenvalue weighted by Gasteiger charge is 2.33. The molecule has 2 nitrogen and oxygen atoms in total. The molecule has 0 aromatic heterocycles. The van der Waals surface area contributed by atoms with Crippen LogP contribution < -0.4 is 5.32 Å². The molecular weight excluding hydrogens is 351 g/mol. The average molecular weight is 372 g/mol. The molecule has 1 aliphatic rings. The summed E-state index contributed by atoms with van der Waals surface area (Å²) in [4.78, 5) is 0. The van der Waals surface area contributed by atoms with Crippen LogP contribution in [-0.2, 0) is 17.5 Å². The number of hydrogen-bond acceptors (Lipinski definition) is 2. The van der Waals surface area contributed by atoms with Crippen molar-refractivity contribution in [2.24, 2.45) is 5.92 Å². The zero-order chi connectivity index (χ0) is 17.0. The standard InChI is InChI=1S/C19H20F3NO.ClH/c20-19(21,22)18-9-5-4-8-15(18)12-24-13-16-10-23-11-17(16)14-6-2-1-3-7-14;/h1-9,16-17,23H,10-13H2;1H. The maximum absolute atomic E-state index is 13.0. The van der Waals surface area contributed by atoms with Crippen molar-refractivity contribution in [2.75, 3.05) is 19.7 Å². The summed E-state index contributed by atoms with van der Waals surface area (Å²) in [6, 6.07) is 15.7. The van der Waals surface area contributed by atoms with Gasteiger partial charge in [-0.3, -0.25) is 0 Å². The molecule has 2 atom stereocenters. The Morgan fingerprint density at radius 1 is 0.960 bits per heavy atom. The first-order valence-corrected chi connectivity index (χ1v) is 8.04. The van der Waals surface area contributed by atoms with Gasteiger partial charge in [-0.1, -0.05) is 48.5 Å². The van der Waals surface area contributed by atoms with E-state index in [0.717, 1.165) is 19.2 Å². The van der Waals surface area contributed by atoms with Crippen molar-refractivity contribution in [1.82, 2.24) is 5.32 Å². The van der Waals surface area contributed by atoms with Crippen LogP contribution in [0.2, 0.25) is 0 Å². The number of rotatable bonds is 5. The van der Waals surface area contributed by atoms with Crippen LogP contribution in [-0.4, -0.2) is 19.7 Å². The molecule has 1 fully saturated rings. The maximum atomic E-state index is 13.0. The third-order valence-electron chi connectivity index (χ3n) is 4.48. The van der Waals surface area contributed by atoms with Crippen molar-refractivity contribution >= 4 is 12.4 Å². The number of alkyl halides is 3. The van der Waals surface area contributed by atoms with Gasteiger partial charge in [-0.05, 0) is 17.2 Å². The van der Waals surface area contributed by atoms with Gasteiger partial charge >= 0.3 is 6.18 Å². The Bertz CT molecular complexity index is 663. The Labute approximate surface area is 151 Å². The molecule has 0 aliphatic carbocycles. The van der Waals surface area contributed by atoms with Gasteiger partial charge in [0.1, 0.15) is 0 Å². The van der Waals surface area contributed by atoms with E-state index < -0.39 is 11.7 Å². The molecule has 0 amide bonds. The van der Waals surface area contributed by atoms with Crippen LogP contribution in [0.4, 0.5) is 13.2 Å². The van der Waals surface area contributed by atoms with Crippen LogP contribution in [0.1, 0.15) is 22.6 Å². The van der Waals surface area contributed by atoms with Crippen LogP contribution in [0.15, 0.2) is 54.6 Å². The molecule has 0 radical (unpaired) electrons. The summed E-state index contributed by atoms with van der Waals surface area (Å²) in [5.41, 5.74) is 0.813. The lowest BCUT2D eigenvalue weighted by Crippen LogP contribution is -2.18. The van der Waals surface area contributed by atoms with E-state index in [0.29, 0.717) is 12.5 Å². The SMILES string of the molecule is Cl.FC(F)(F)c1ccccc1COCC1CNCC1c1ccccc1. The van der Waals surface area contributed by atoms with Crippen molar-refractivity contribution in [2.45, 2.75) is 18.7 Å². The van der Waals surface area contributed by atoms with Gasteiger partial charge in [0, 0.05) is 24.9 Å². The Hall–Kier alpha value is -1.56. The minimum Gasteiger partial charge on any atom is -0.376 e. The highest BCUT2D eigenvalue weighted by Crippen LogP contribution is 2.33. The predicted molar refractivity (Wildman–Crippen MR) is 93.9 cm³/mol. The summed E-state index contributed by atoms with van der Waals surface area (Å²) >= 11 is 0. The molecule has 1 saturated heterocycles. The van der Waals surface area contributed by atoms with E-state index in [9.17, 15) is 13.2 Å². The van der Waals surface area contributed by atoms with Gasteiger partial charge in [-0.25, -0.2) is 0 Å². The second-order valence-corrected chi connectivity index (χ2v) is 6.11. The number of benzene rings is 2. The van der Waals surface area contributed by atoms with E-state index in [1.807, 2.05) is 18.2 Å². The first-order valence-electron chi connectivity index (χ1n) is 8.04. The molecule has 2 unspecified atom stereocenters. The molecule has 6 heteroatoms. The Balaban J connectivity index is 0.00000225. The normalized spacial score (nSPS) is 20.3. The fourth-order valence-corrected chi connectivity index (χ4v) is 3.24. The second-order valence-electron chi connectivity index (χ2n) is 6.11. The van der Waals surface area contributed by atoms with E-state index in [2.05, 4.69) is 17.4 Å². The van der Waals surface area contributed by atoms with Gasteiger partial charge in [-0.2, -0.15) is 13.2 Å². The van der Waals surface area contributed by atoms with Crippen LogP contribution in [0.5, 0.6) is 0 Å². The van der Waals surface area contributed by atoms with E-state index >= 15 is 0 Å². The molecule has 1 aliphatic heterocycles. The van der Waals surface area contributed by atoms with Crippen molar-refractivity contribution < 1.29 is 17.9 Å². The monoisotopic (exact) mass is 371 g/mol. The molecule has 1 heterocycles. The minimum absolute atomic E-state index is 0. The van der Waals surface area contributed by atoms with Gasteiger partial charge in [0.25, 0.3) is 0 Å². The molecule has 25 heavy (non-hydrogen) atoms. The number of ether oxygens (including phenoxy) is 1. The van der Waals surface area contributed by atoms with E-state index in [4.69, 9.17) is 4.74 Å². The number of hydrogen-bond donors (Lipinski definition) is 1. The molecule has 136 valence electrons.